The fraction of sp³-hybridized carbons (Fsp3) is 0.304. The second-order valence-electron chi connectivity index (χ2n) is 8.28. The topological polar surface area (TPSA) is 116 Å². The third-order valence-electron chi connectivity index (χ3n) is 5.84. The molecule has 0 radical (unpaired) electrons. The molecule has 186 valence electrons. The van der Waals surface area contributed by atoms with Gasteiger partial charge in [-0.15, -0.1) is 5.10 Å². The summed E-state index contributed by atoms with van der Waals surface area (Å²) in [7, 11) is 3.20. The van der Waals surface area contributed by atoms with E-state index in [1.165, 1.54) is 13.3 Å². The molecule has 5 heterocycles. The van der Waals surface area contributed by atoms with Crippen LogP contribution in [0.15, 0.2) is 49.2 Å². The number of amides is 1. The molecule has 0 spiro atoms. The molecule has 4 aromatic heterocycles. The molecule has 4 aromatic rings. The lowest BCUT2D eigenvalue weighted by Crippen LogP contribution is -2.21. The van der Waals surface area contributed by atoms with Crippen molar-refractivity contribution in [3.05, 3.63) is 54.7 Å². The molecular weight excluding hydrogens is 472 g/mol. The molecule has 1 aliphatic rings. The first-order valence-corrected chi connectivity index (χ1v) is 11.2. The molecule has 11 nitrogen and oxygen atoms in total. The van der Waals surface area contributed by atoms with Gasteiger partial charge in [0.05, 0.1) is 24.9 Å². The maximum Gasteiger partial charge on any atom is 0.257 e. The highest BCUT2D eigenvalue weighted by Gasteiger charge is 2.30. The Morgan fingerprint density at radius 2 is 2.11 bits per heavy atom. The number of carbonyl (C=O) groups excluding carboxylic acids is 1. The summed E-state index contributed by atoms with van der Waals surface area (Å²) in [6.45, 7) is 0.169. The summed E-state index contributed by atoms with van der Waals surface area (Å²) in [6, 6.07) is 5.45. The van der Waals surface area contributed by atoms with Crippen molar-refractivity contribution < 1.29 is 18.3 Å². The van der Waals surface area contributed by atoms with Crippen LogP contribution in [0.1, 0.15) is 17.9 Å². The van der Waals surface area contributed by atoms with Gasteiger partial charge in [-0.05, 0) is 24.1 Å². The number of likely N-dealkylation sites (N-methyl/N-ethyl adjacent to an activating group) is 1. The van der Waals surface area contributed by atoms with E-state index < -0.39 is 13.0 Å². The van der Waals surface area contributed by atoms with Crippen molar-refractivity contribution in [2.75, 3.05) is 26.0 Å². The Balaban J connectivity index is 1.36. The van der Waals surface area contributed by atoms with E-state index in [1.54, 1.807) is 47.5 Å². The van der Waals surface area contributed by atoms with Crippen LogP contribution in [0.5, 0.6) is 5.88 Å². The van der Waals surface area contributed by atoms with Crippen molar-refractivity contribution in [1.82, 2.24) is 39.4 Å². The van der Waals surface area contributed by atoms with Gasteiger partial charge < -0.3 is 15.0 Å². The Morgan fingerprint density at radius 1 is 1.25 bits per heavy atom. The van der Waals surface area contributed by atoms with Crippen LogP contribution < -0.4 is 10.1 Å². The maximum atomic E-state index is 12.7. The third-order valence-corrected chi connectivity index (χ3v) is 5.84. The van der Waals surface area contributed by atoms with Crippen LogP contribution in [0, 0.1) is 0 Å². The molecule has 13 heteroatoms. The number of carbonyl (C=O) groups is 1. The lowest BCUT2D eigenvalue weighted by atomic mass is 9.98. The summed E-state index contributed by atoms with van der Waals surface area (Å²) in [5.41, 5.74) is 2.68. The number of likely N-dealkylation sites (tertiary alicyclic amines) is 1. The van der Waals surface area contributed by atoms with Crippen LogP contribution in [-0.2, 0) is 11.3 Å². The molecule has 36 heavy (non-hydrogen) atoms. The van der Waals surface area contributed by atoms with Gasteiger partial charge in [0.1, 0.15) is 12.2 Å². The number of nitrogens with one attached hydrogen (secondary N) is 1. The molecular formula is C23H23F2N9O2. The van der Waals surface area contributed by atoms with Gasteiger partial charge in [0.15, 0.2) is 5.82 Å². The van der Waals surface area contributed by atoms with E-state index in [4.69, 9.17) is 4.74 Å². The second kappa shape index (κ2) is 9.68. The van der Waals surface area contributed by atoms with E-state index in [9.17, 15) is 13.6 Å². The standard InChI is InChI=1S/C23H23F2N9O2/c1-32-7-4-16(22(32)35)14-9-15(11-26-10-14)17-5-8-34(30-17)20-3-6-27-23(29-20)28-18-12-33(13-19(24)25)31-21(18)36-2/h3,5-6,8-12,16,19H,4,7,13H2,1-2H3,(H,27,28,29). The average Bonchev–Trinajstić information content (AvgIpc) is 3.59. The molecule has 1 saturated heterocycles. The van der Waals surface area contributed by atoms with Gasteiger partial charge in [0.2, 0.25) is 11.9 Å². The van der Waals surface area contributed by atoms with E-state index in [-0.39, 0.29) is 23.7 Å². The van der Waals surface area contributed by atoms with Crippen LogP contribution in [0.3, 0.4) is 0 Å². The van der Waals surface area contributed by atoms with E-state index in [0.29, 0.717) is 17.2 Å². The van der Waals surface area contributed by atoms with Crippen molar-refractivity contribution in [2.24, 2.45) is 0 Å². The molecule has 1 N–H and O–H groups in total. The number of nitrogens with zero attached hydrogens (tertiary/aromatic N) is 8. The first kappa shape index (κ1) is 23.3. The number of halogens is 2. The SMILES string of the molecule is COc1nn(CC(F)F)cc1Nc1nccc(-n2ccc(-c3cncc(C4CCN(C)C4=O)c3)n2)n1. The van der Waals surface area contributed by atoms with Crippen molar-refractivity contribution in [2.45, 2.75) is 25.3 Å². The normalized spacial score (nSPS) is 15.6. The van der Waals surface area contributed by atoms with Gasteiger partial charge in [-0.2, -0.15) is 10.1 Å². The quantitative estimate of drug-likeness (QED) is 0.397. The zero-order valence-electron chi connectivity index (χ0n) is 19.5. The molecule has 1 aliphatic heterocycles. The minimum Gasteiger partial charge on any atom is -0.478 e. The van der Waals surface area contributed by atoms with Crippen molar-refractivity contribution >= 4 is 17.5 Å². The fourth-order valence-electron chi connectivity index (χ4n) is 4.06. The first-order valence-electron chi connectivity index (χ1n) is 11.2. The summed E-state index contributed by atoms with van der Waals surface area (Å²) in [6.07, 6.45) is 6.35. The molecule has 0 aliphatic carbocycles. The fourth-order valence-corrected chi connectivity index (χ4v) is 4.06. The van der Waals surface area contributed by atoms with Crippen molar-refractivity contribution in [3.8, 4) is 23.0 Å². The second-order valence-corrected chi connectivity index (χ2v) is 8.28. The van der Waals surface area contributed by atoms with Gasteiger partial charge in [0, 0.05) is 50.0 Å². The maximum absolute atomic E-state index is 12.7. The predicted octanol–water partition coefficient (Wildman–Crippen LogP) is 2.88. The molecule has 1 atom stereocenters. The monoisotopic (exact) mass is 495 g/mol. The zero-order valence-corrected chi connectivity index (χ0v) is 19.5. The van der Waals surface area contributed by atoms with Gasteiger partial charge in [-0.3, -0.25) is 14.5 Å². The summed E-state index contributed by atoms with van der Waals surface area (Å²) >= 11 is 0. The average molecular weight is 495 g/mol. The highest BCUT2D eigenvalue weighted by atomic mass is 19.3. The molecule has 1 unspecified atom stereocenters. The number of hydrogen-bond donors (Lipinski definition) is 1. The van der Waals surface area contributed by atoms with E-state index in [2.05, 4.69) is 30.5 Å². The Hall–Kier alpha value is -4.42. The van der Waals surface area contributed by atoms with Gasteiger partial charge in [-0.1, -0.05) is 0 Å². The number of ether oxygens (including phenoxy) is 1. The van der Waals surface area contributed by atoms with E-state index in [0.717, 1.165) is 28.8 Å². The van der Waals surface area contributed by atoms with E-state index in [1.807, 2.05) is 12.1 Å². The molecule has 0 aromatic carbocycles. The molecule has 0 bridgehead atoms. The zero-order chi connectivity index (χ0) is 25.2. The van der Waals surface area contributed by atoms with Crippen LogP contribution in [0.4, 0.5) is 20.4 Å². The summed E-state index contributed by atoms with van der Waals surface area (Å²) in [5.74, 6) is 0.741. The molecule has 1 fully saturated rings. The van der Waals surface area contributed by atoms with Gasteiger partial charge in [-0.25, -0.2) is 18.4 Å². The number of anilines is 2. The predicted molar refractivity (Wildman–Crippen MR) is 125 cm³/mol. The Kier molecular flexibility index (Phi) is 6.27. The molecule has 5 rings (SSSR count). The van der Waals surface area contributed by atoms with Crippen molar-refractivity contribution in [1.29, 1.82) is 0 Å². The first-order chi connectivity index (χ1) is 17.4. The largest absolute Gasteiger partial charge is 0.478 e. The third kappa shape index (κ3) is 4.72. The van der Waals surface area contributed by atoms with Crippen LogP contribution in [-0.4, -0.2) is 72.4 Å². The Labute approximate surface area is 204 Å². The summed E-state index contributed by atoms with van der Waals surface area (Å²) < 4.78 is 33.3. The van der Waals surface area contributed by atoms with Gasteiger partial charge in [0.25, 0.3) is 12.3 Å². The minimum atomic E-state index is -2.55. The summed E-state index contributed by atoms with van der Waals surface area (Å²) in [4.78, 5) is 27.1. The Bertz CT molecular complexity index is 1390. The minimum absolute atomic E-state index is 0.0943. The number of aromatic nitrogens is 7. The van der Waals surface area contributed by atoms with Crippen molar-refractivity contribution in [3.63, 3.8) is 0 Å². The van der Waals surface area contributed by atoms with Crippen LogP contribution in [0.25, 0.3) is 17.1 Å². The molecule has 0 saturated carbocycles. The molecule has 1 amide bonds. The number of hydrogen-bond acceptors (Lipinski definition) is 8. The van der Waals surface area contributed by atoms with Crippen LogP contribution in [0.2, 0.25) is 0 Å². The number of methoxy groups -OCH3 is 1. The highest BCUT2D eigenvalue weighted by Crippen LogP contribution is 2.30. The highest BCUT2D eigenvalue weighted by molar-refractivity contribution is 5.85. The lowest BCUT2D eigenvalue weighted by Gasteiger charge is -2.11. The number of rotatable bonds is 8. The van der Waals surface area contributed by atoms with Crippen LogP contribution >= 0.6 is 0 Å². The smallest absolute Gasteiger partial charge is 0.257 e. The number of pyridine rings is 1. The van der Waals surface area contributed by atoms with Gasteiger partial charge >= 0.3 is 0 Å². The Morgan fingerprint density at radius 3 is 2.86 bits per heavy atom. The van der Waals surface area contributed by atoms with E-state index >= 15 is 0 Å². The summed E-state index contributed by atoms with van der Waals surface area (Å²) in [5, 5.41) is 11.5. The number of alkyl halides is 2. The lowest BCUT2D eigenvalue weighted by molar-refractivity contribution is -0.127.